The van der Waals surface area contributed by atoms with E-state index in [1.807, 2.05) is 49.1 Å². The van der Waals surface area contributed by atoms with Gasteiger partial charge in [-0.3, -0.25) is 9.48 Å². The van der Waals surface area contributed by atoms with Crippen LogP contribution in [-0.4, -0.2) is 26.9 Å². The number of hydrogen-bond donors (Lipinski definition) is 2. The second-order valence-corrected chi connectivity index (χ2v) is 5.89. The number of rotatable bonds is 4. The summed E-state index contributed by atoms with van der Waals surface area (Å²) >= 11 is 0. The van der Waals surface area contributed by atoms with Crippen LogP contribution < -0.4 is 5.32 Å². The SMILES string of the molecule is Cc1c(CCC(=O)N[C@@H]2c3ccccc3C[C@@H]2O)cnn1C. The zero-order valence-corrected chi connectivity index (χ0v) is 12.9. The number of amides is 1. The van der Waals surface area contributed by atoms with E-state index in [-0.39, 0.29) is 11.9 Å². The van der Waals surface area contributed by atoms with Gasteiger partial charge in [0.05, 0.1) is 18.3 Å². The number of aliphatic hydroxyl groups excluding tert-OH is 1. The molecule has 0 fully saturated rings. The fourth-order valence-corrected chi connectivity index (χ4v) is 3.03. The third kappa shape index (κ3) is 2.76. The molecule has 2 N–H and O–H groups in total. The Hall–Kier alpha value is -2.14. The number of aryl methyl sites for hydroxylation is 2. The number of nitrogens with one attached hydrogen (secondary N) is 1. The topological polar surface area (TPSA) is 67.2 Å². The summed E-state index contributed by atoms with van der Waals surface area (Å²) in [6, 6.07) is 7.58. The van der Waals surface area contributed by atoms with E-state index in [2.05, 4.69) is 10.4 Å². The van der Waals surface area contributed by atoms with E-state index in [0.29, 0.717) is 19.3 Å². The second-order valence-electron chi connectivity index (χ2n) is 5.89. The van der Waals surface area contributed by atoms with Crippen LogP contribution in [0.2, 0.25) is 0 Å². The quantitative estimate of drug-likeness (QED) is 0.897. The fraction of sp³-hybridized carbons (Fsp3) is 0.412. The van der Waals surface area contributed by atoms with E-state index in [0.717, 1.165) is 22.4 Å². The normalized spacial score (nSPS) is 20.0. The van der Waals surface area contributed by atoms with Crippen LogP contribution in [0.5, 0.6) is 0 Å². The molecule has 22 heavy (non-hydrogen) atoms. The highest BCUT2D eigenvalue weighted by atomic mass is 16.3. The third-order valence-corrected chi connectivity index (χ3v) is 4.48. The first-order valence-electron chi connectivity index (χ1n) is 7.59. The maximum absolute atomic E-state index is 12.2. The number of aromatic nitrogens is 2. The lowest BCUT2D eigenvalue weighted by Crippen LogP contribution is -2.34. The molecule has 3 rings (SSSR count). The standard InChI is InChI=1S/C17H21N3O2/c1-11-13(10-18-20(11)2)7-8-16(22)19-17-14-6-4-3-5-12(14)9-15(17)21/h3-6,10,15,17,21H,7-9H2,1-2H3,(H,19,22)/t15-,17+/m0/s1. The van der Waals surface area contributed by atoms with Crippen LogP contribution in [0.1, 0.15) is 34.8 Å². The number of benzene rings is 1. The molecule has 0 spiro atoms. The van der Waals surface area contributed by atoms with Crippen molar-refractivity contribution in [1.29, 1.82) is 0 Å². The van der Waals surface area contributed by atoms with Crippen LogP contribution >= 0.6 is 0 Å². The average molecular weight is 299 g/mol. The molecule has 0 aliphatic heterocycles. The smallest absolute Gasteiger partial charge is 0.220 e. The average Bonchev–Trinajstić information content (AvgIpc) is 2.99. The largest absolute Gasteiger partial charge is 0.390 e. The maximum Gasteiger partial charge on any atom is 0.220 e. The summed E-state index contributed by atoms with van der Waals surface area (Å²) in [5.41, 5.74) is 4.31. The van der Waals surface area contributed by atoms with Crippen molar-refractivity contribution in [3.8, 4) is 0 Å². The Bertz CT molecular complexity index is 693. The number of hydrogen-bond acceptors (Lipinski definition) is 3. The van der Waals surface area contributed by atoms with Gasteiger partial charge in [-0.2, -0.15) is 5.10 Å². The Kier molecular flexibility index (Phi) is 3.98. The first-order chi connectivity index (χ1) is 10.6. The van der Waals surface area contributed by atoms with Gasteiger partial charge in [-0.05, 0) is 30.0 Å². The van der Waals surface area contributed by atoms with Crippen molar-refractivity contribution in [1.82, 2.24) is 15.1 Å². The molecule has 0 saturated carbocycles. The monoisotopic (exact) mass is 299 g/mol. The highest BCUT2D eigenvalue weighted by Crippen LogP contribution is 2.31. The number of nitrogens with zero attached hydrogens (tertiary/aromatic N) is 2. The molecular formula is C17H21N3O2. The second kappa shape index (κ2) is 5.93. The molecule has 0 unspecified atom stereocenters. The van der Waals surface area contributed by atoms with E-state index in [9.17, 15) is 9.90 Å². The zero-order chi connectivity index (χ0) is 15.7. The van der Waals surface area contributed by atoms with Gasteiger partial charge in [0, 0.05) is 25.6 Å². The number of carbonyl (C=O) groups excluding carboxylic acids is 1. The Balaban J connectivity index is 1.61. The van der Waals surface area contributed by atoms with Gasteiger partial charge in [0.25, 0.3) is 0 Å². The Morgan fingerprint density at radius 1 is 1.45 bits per heavy atom. The van der Waals surface area contributed by atoms with Crippen molar-refractivity contribution in [3.63, 3.8) is 0 Å². The summed E-state index contributed by atoms with van der Waals surface area (Å²) in [5.74, 6) is -0.0380. The lowest BCUT2D eigenvalue weighted by atomic mass is 10.1. The van der Waals surface area contributed by atoms with Gasteiger partial charge >= 0.3 is 0 Å². The van der Waals surface area contributed by atoms with Crippen molar-refractivity contribution < 1.29 is 9.90 Å². The maximum atomic E-state index is 12.2. The molecule has 1 aliphatic carbocycles. The van der Waals surface area contributed by atoms with Crippen molar-refractivity contribution in [2.75, 3.05) is 0 Å². The summed E-state index contributed by atoms with van der Waals surface area (Å²) in [4.78, 5) is 12.2. The van der Waals surface area contributed by atoms with Gasteiger partial charge in [0.2, 0.25) is 5.91 Å². The molecule has 2 aromatic rings. The molecule has 1 amide bonds. The van der Waals surface area contributed by atoms with E-state index in [1.165, 1.54) is 0 Å². The molecule has 1 aliphatic rings. The Morgan fingerprint density at radius 2 is 2.23 bits per heavy atom. The van der Waals surface area contributed by atoms with E-state index >= 15 is 0 Å². The van der Waals surface area contributed by atoms with Gasteiger partial charge in [-0.15, -0.1) is 0 Å². The van der Waals surface area contributed by atoms with Crippen molar-refractivity contribution in [2.24, 2.45) is 7.05 Å². The first kappa shape index (κ1) is 14.8. The lowest BCUT2D eigenvalue weighted by Gasteiger charge is -2.18. The summed E-state index contributed by atoms with van der Waals surface area (Å²) in [6.07, 6.45) is 2.93. The van der Waals surface area contributed by atoms with Crippen LogP contribution in [0, 0.1) is 6.92 Å². The molecule has 0 bridgehead atoms. The van der Waals surface area contributed by atoms with E-state index < -0.39 is 6.10 Å². The predicted molar refractivity (Wildman–Crippen MR) is 83.3 cm³/mol. The van der Waals surface area contributed by atoms with E-state index in [1.54, 1.807) is 0 Å². The minimum atomic E-state index is -0.540. The summed E-state index contributed by atoms with van der Waals surface area (Å²) in [7, 11) is 1.89. The summed E-state index contributed by atoms with van der Waals surface area (Å²) in [5, 5.41) is 17.3. The molecular weight excluding hydrogens is 278 g/mol. The molecule has 1 heterocycles. The van der Waals surface area contributed by atoms with Crippen LogP contribution in [-0.2, 0) is 24.7 Å². The van der Waals surface area contributed by atoms with Gasteiger partial charge in [-0.1, -0.05) is 24.3 Å². The molecule has 5 heteroatoms. The van der Waals surface area contributed by atoms with Crippen LogP contribution in [0.3, 0.4) is 0 Å². The number of carbonyl (C=O) groups is 1. The zero-order valence-electron chi connectivity index (χ0n) is 12.9. The molecule has 1 aromatic heterocycles. The minimum absolute atomic E-state index is 0.0380. The predicted octanol–water partition coefficient (Wildman–Crippen LogP) is 1.44. The van der Waals surface area contributed by atoms with Crippen LogP contribution in [0.4, 0.5) is 0 Å². The van der Waals surface area contributed by atoms with Crippen molar-refractivity contribution in [3.05, 3.63) is 52.8 Å². The summed E-state index contributed by atoms with van der Waals surface area (Å²) in [6.45, 7) is 2.00. The molecule has 2 atom stereocenters. The van der Waals surface area contributed by atoms with Crippen molar-refractivity contribution in [2.45, 2.75) is 38.3 Å². The van der Waals surface area contributed by atoms with Gasteiger partial charge in [0.15, 0.2) is 0 Å². The fourth-order valence-electron chi connectivity index (χ4n) is 3.03. The number of aliphatic hydroxyl groups is 1. The van der Waals surface area contributed by atoms with Gasteiger partial charge < -0.3 is 10.4 Å². The first-order valence-corrected chi connectivity index (χ1v) is 7.59. The Morgan fingerprint density at radius 3 is 2.95 bits per heavy atom. The van der Waals surface area contributed by atoms with Gasteiger partial charge in [0.1, 0.15) is 0 Å². The molecule has 0 radical (unpaired) electrons. The summed E-state index contributed by atoms with van der Waals surface area (Å²) < 4.78 is 1.81. The van der Waals surface area contributed by atoms with Crippen molar-refractivity contribution >= 4 is 5.91 Å². The molecule has 5 nitrogen and oxygen atoms in total. The van der Waals surface area contributed by atoms with Crippen LogP contribution in [0.25, 0.3) is 0 Å². The van der Waals surface area contributed by atoms with Crippen LogP contribution in [0.15, 0.2) is 30.5 Å². The Labute approximate surface area is 130 Å². The third-order valence-electron chi connectivity index (χ3n) is 4.48. The minimum Gasteiger partial charge on any atom is -0.390 e. The number of fused-ring (bicyclic) bond motifs is 1. The lowest BCUT2D eigenvalue weighted by molar-refractivity contribution is -0.122. The molecule has 1 aromatic carbocycles. The van der Waals surface area contributed by atoms with Gasteiger partial charge in [-0.25, -0.2) is 0 Å². The highest BCUT2D eigenvalue weighted by Gasteiger charge is 2.31. The molecule has 0 saturated heterocycles. The van der Waals surface area contributed by atoms with E-state index in [4.69, 9.17) is 0 Å². The molecule has 116 valence electrons. The highest BCUT2D eigenvalue weighted by molar-refractivity contribution is 5.77.